The molecule has 0 amide bonds. The Balaban J connectivity index is 1.14. The summed E-state index contributed by atoms with van der Waals surface area (Å²) in [6.07, 6.45) is 0. The number of anilines is 9. The second-order valence-corrected chi connectivity index (χ2v) is 28.1. The predicted molar refractivity (Wildman–Crippen MR) is 347 cm³/mol. The van der Waals surface area contributed by atoms with E-state index < -0.39 is 0 Å². The fourth-order valence-corrected chi connectivity index (χ4v) is 12.2. The maximum absolute atomic E-state index is 7.16. The summed E-state index contributed by atoms with van der Waals surface area (Å²) in [5.74, 6) is 1.77. The van der Waals surface area contributed by atoms with Gasteiger partial charge in [0.1, 0.15) is 22.7 Å². The third kappa shape index (κ3) is 9.68. The van der Waals surface area contributed by atoms with E-state index in [-0.39, 0.29) is 33.8 Å². The molecule has 0 N–H and O–H groups in total. The number of para-hydroxylation sites is 1. The normalized spacial score (nSPS) is 13.5. The number of fused-ring (bicyclic) bond motifs is 7. The number of benzene rings is 9. The Hall–Kier alpha value is -7.96. The second-order valence-electron chi connectivity index (χ2n) is 28.1. The number of nitrogens with zero attached hydrogens (tertiary/aromatic N) is 3. The third-order valence-electron chi connectivity index (χ3n) is 16.9. The summed E-state index contributed by atoms with van der Waals surface area (Å²) in [6.45, 7) is 36.3. The van der Waals surface area contributed by atoms with E-state index in [0.29, 0.717) is 0 Å². The van der Waals surface area contributed by atoms with Crippen LogP contribution in [0.2, 0.25) is 0 Å². The largest absolute Gasteiger partial charge is 0.458 e. The van der Waals surface area contributed by atoms with Crippen LogP contribution in [-0.4, -0.2) is 6.71 Å². The van der Waals surface area contributed by atoms with Crippen molar-refractivity contribution < 1.29 is 9.15 Å². The van der Waals surface area contributed by atoms with E-state index in [1.165, 1.54) is 38.7 Å². The Labute approximate surface area is 482 Å². The standard InChI is InChI=1S/C75H78BN3O2/c1-47-41-64-70-68(42-47)81-66-40-29-52(75(14,15)16)43-61(66)76(70)60-44-57(77(53-30-21-48(22-31-53)71(2,3)4)54-32-23-49(24-33-54)72(5,6)7)38-39-62(60)79(64)58-45-63(69-59-19-17-18-20-65(59)80-67(69)46-58)78(55-34-25-50(26-35-55)73(8,9)10)56-36-27-51(28-37-56)74(11,12)13/h17-46H,1-16H3. The van der Waals surface area contributed by atoms with Crippen LogP contribution in [0, 0.1) is 6.92 Å². The van der Waals surface area contributed by atoms with Crippen LogP contribution in [0.15, 0.2) is 186 Å². The summed E-state index contributed by atoms with van der Waals surface area (Å²) in [4.78, 5) is 7.37. The van der Waals surface area contributed by atoms with Gasteiger partial charge in [0.2, 0.25) is 0 Å². The fraction of sp³-hybridized carbons (Fsp3) is 0.280. The van der Waals surface area contributed by atoms with Crippen LogP contribution in [0.3, 0.4) is 0 Å². The highest BCUT2D eigenvalue weighted by molar-refractivity contribution is 6.99. The molecule has 0 spiro atoms. The molecule has 3 heterocycles. The van der Waals surface area contributed by atoms with Crippen LogP contribution < -0.4 is 35.8 Å². The predicted octanol–water partition coefficient (Wildman–Crippen LogP) is 19.7. The molecular formula is C75H78BN3O2. The molecule has 0 saturated heterocycles. The van der Waals surface area contributed by atoms with Crippen LogP contribution in [0.5, 0.6) is 11.5 Å². The van der Waals surface area contributed by atoms with E-state index in [0.717, 1.165) is 95.7 Å². The Kier molecular flexibility index (Phi) is 12.6. The third-order valence-corrected chi connectivity index (χ3v) is 16.9. The van der Waals surface area contributed by atoms with Gasteiger partial charge in [0.15, 0.2) is 0 Å². The first-order valence-corrected chi connectivity index (χ1v) is 29.1. The molecule has 0 saturated carbocycles. The zero-order chi connectivity index (χ0) is 57.3. The molecule has 0 fully saturated rings. The number of rotatable bonds is 7. The Morgan fingerprint density at radius 3 is 1.36 bits per heavy atom. The number of furan rings is 1. The van der Waals surface area contributed by atoms with Crippen molar-refractivity contribution in [3.8, 4) is 11.5 Å². The van der Waals surface area contributed by atoms with Crippen molar-refractivity contribution >= 4 is 96.2 Å². The number of hydrogen-bond donors (Lipinski definition) is 0. The first-order valence-electron chi connectivity index (χ1n) is 29.1. The molecule has 0 atom stereocenters. The molecule has 0 radical (unpaired) electrons. The lowest BCUT2D eigenvalue weighted by Gasteiger charge is -2.41. The summed E-state index contributed by atoms with van der Waals surface area (Å²) in [7, 11) is 0. The Morgan fingerprint density at radius 1 is 0.383 bits per heavy atom. The lowest BCUT2D eigenvalue weighted by atomic mass is 9.34. The number of ether oxygens (including phenoxy) is 1. The molecule has 408 valence electrons. The van der Waals surface area contributed by atoms with E-state index in [1.54, 1.807) is 0 Å². The highest BCUT2D eigenvalue weighted by atomic mass is 16.5. The molecule has 2 aliphatic rings. The average molecular weight is 1060 g/mol. The molecule has 6 heteroatoms. The van der Waals surface area contributed by atoms with Crippen LogP contribution in [0.25, 0.3) is 21.9 Å². The SMILES string of the molecule is Cc1cc2c3c(c1)N(c1cc(N(c4ccc(C(C)(C)C)cc4)c4ccc(C(C)(C)C)cc4)c4c(c1)oc1ccccc14)c1ccc(N(c4ccc(C(C)(C)C)cc4)c4ccc(C(C)(C)C)cc4)cc1B3c1cc(C(C)(C)C)ccc1O2. The molecule has 2 aliphatic heterocycles. The Bertz CT molecular complexity index is 3930. The molecule has 0 aliphatic carbocycles. The van der Waals surface area contributed by atoms with Gasteiger partial charge in [-0.05, 0) is 181 Å². The van der Waals surface area contributed by atoms with Gasteiger partial charge in [-0.15, -0.1) is 0 Å². The van der Waals surface area contributed by atoms with Gasteiger partial charge < -0.3 is 23.9 Å². The van der Waals surface area contributed by atoms with Crippen molar-refractivity contribution in [2.24, 2.45) is 0 Å². The highest BCUT2D eigenvalue weighted by Gasteiger charge is 2.43. The van der Waals surface area contributed by atoms with Gasteiger partial charge in [0, 0.05) is 51.3 Å². The fourth-order valence-electron chi connectivity index (χ4n) is 12.2. The minimum Gasteiger partial charge on any atom is -0.458 e. The van der Waals surface area contributed by atoms with Crippen molar-refractivity contribution in [3.05, 3.63) is 215 Å². The van der Waals surface area contributed by atoms with Gasteiger partial charge in [-0.3, -0.25) is 0 Å². The molecule has 9 aromatic carbocycles. The average Bonchev–Trinajstić information content (AvgIpc) is 2.42. The summed E-state index contributed by atoms with van der Waals surface area (Å²) in [5.41, 5.74) is 22.3. The second kappa shape index (κ2) is 19.1. The van der Waals surface area contributed by atoms with E-state index in [2.05, 4.69) is 307 Å². The summed E-state index contributed by atoms with van der Waals surface area (Å²) in [5, 5.41) is 2.13. The van der Waals surface area contributed by atoms with Crippen molar-refractivity contribution in [1.29, 1.82) is 0 Å². The van der Waals surface area contributed by atoms with Gasteiger partial charge in [0.05, 0.1) is 16.8 Å². The van der Waals surface area contributed by atoms with Gasteiger partial charge >= 0.3 is 0 Å². The first-order chi connectivity index (χ1) is 38.2. The monoisotopic (exact) mass is 1060 g/mol. The molecule has 81 heavy (non-hydrogen) atoms. The zero-order valence-electron chi connectivity index (χ0n) is 50.6. The van der Waals surface area contributed by atoms with Crippen LogP contribution in [0.4, 0.5) is 51.2 Å². The minimum atomic E-state index is -0.144. The summed E-state index contributed by atoms with van der Waals surface area (Å²) >= 11 is 0. The van der Waals surface area contributed by atoms with Crippen molar-refractivity contribution in [3.63, 3.8) is 0 Å². The summed E-state index contributed by atoms with van der Waals surface area (Å²) < 4.78 is 14.2. The van der Waals surface area contributed by atoms with Crippen LogP contribution in [-0.2, 0) is 27.1 Å². The highest BCUT2D eigenvalue weighted by Crippen LogP contribution is 2.50. The zero-order valence-corrected chi connectivity index (χ0v) is 50.6. The molecule has 10 aromatic rings. The van der Waals surface area contributed by atoms with Crippen molar-refractivity contribution in [2.45, 2.75) is 138 Å². The van der Waals surface area contributed by atoms with Crippen LogP contribution >= 0.6 is 0 Å². The van der Waals surface area contributed by atoms with Gasteiger partial charge in [0.25, 0.3) is 6.71 Å². The van der Waals surface area contributed by atoms with Crippen LogP contribution in [0.1, 0.15) is 137 Å². The quantitative estimate of drug-likeness (QED) is 0.149. The van der Waals surface area contributed by atoms with Crippen molar-refractivity contribution in [1.82, 2.24) is 0 Å². The molecule has 0 bridgehead atoms. The number of aryl methyl sites for hydroxylation is 1. The van der Waals surface area contributed by atoms with E-state index in [1.807, 2.05) is 0 Å². The maximum atomic E-state index is 7.16. The molecule has 12 rings (SSSR count). The lowest BCUT2D eigenvalue weighted by molar-refractivity contribution is 0.486. The van der Waals surface area contributed by atoms with Gasteiger partial charge in [-0.1, -0.05) is 183 Å². The summed E-state index contributed by atoms with van der Waals surface area (Å²) in [6, 6.07) is 68.5. The van der Waals surface area contributed by atoms with E-state index >= 15 is 0 Å². The van der Waals surface area contributed by atoms with E-state index in [4.69, 9.17) is 9.15 Å². The topological polar surface area (TPSA) is 32.1 Å². The smallest absolute Gasteiger partial charge is 0.256 e. The Morgan fingerprint density at radius 2 is 0.852 bits per heavy atom. The lowest BCUT2D eigenvalue weighted by Crippen LogP contribution is -2.59. The molecule has 5 nitrogen and oxygen atoms in total. The van der Waals surface area contributed by atoms with Crippen molar-refractivity contribution in [2.75, 3.05) is 14.7 Å². The molecule has 0 unspecified atom stereocenters. The maximum Gasteiger partial charge on any atom is 0.256 e. The number of hydrogen-bond acceptors (Lipinski definition) is 5. The first kappa shape index (κ1) is 53.7. The minimum absolute atomic E-state index is 0.00878. The van der Waals surface area contributed by atoms with E-state index in [9.17, 15) is 0 Å². The van der Waals surface area contributed by atoms with Gasteiger partial charge in [-0.2, -0.15) is 0 Å². The molecule has 1 aromatic heterocycles. The van der Waals surface area contributed by atoms with Gasteiger partial charge in [-0.25, -0.2) is 0 Å². The molecular weight excluding hydrogens is 986 g/mol.